The Morgan fingerprint density at radius 3 is 2.44 bits per heavy atom. The van der Waals surface area contributed by atoms with E-state index in [0.717, 1.165) is 11.1 Å². The third kappa shape index (κ3) is 2.18. The van der Waals surface area contributed by atoms with Crippen molar-refractivity contribution in [2.45, 2.75) is 6.04 Å². The molecule has 0 radical (unpaired) electrons. The molecule has 0 saturated heterocycles. The van der Waals surface area contributed by atoms with Gasteiger partial charge in [0, 0.05) is 5.56 Å². The monoisotopic (exact) mass is 283 g/mol. The molecule has 0 bridgehead atoms. The van der Waals surface area contributed by atoms with Crippen molar-refractivity contribution in [3.05, 3.63) is 58.2 Å². The SMILES string of the molecule is CNC(c1ccc(F)cc1)c1ccoc1Br. The fourth-order valence-electron chi connectivity index (χ4n) is 1.67. The van der Waals surface area contributed by atoms with Crippen LogP contribution in [-0.2, 0) is 0 Å². The summed E-state index contributed by atoms with van der Waals surface area (Å²) in [5.41, 5.74) is 1.99. The van der Waals surface area contributed by atoms with E-state index in [0.29, 0.717) is 4.67 Å². The Balaban J connectivity index is 2.37. The van der Waals surface area contributed by atoms with Gasteiger partial charge >= 0.3 is 0 Å². The van der Waals surface area contributed by atoms with E-state index in [1.807, 2.05) is 13.1 Å². The zero-order valence-electron chi connectivity index (χ0n) is 8.71. The lowest BCUT2D eigenvalue weighted by molar-refractivity contribution is 0.530. The molecule has 0 aliphatic rings. The predicted molar refractivity (Wildman–Crippen MR) is 63.7 cm³/mol. The molecule has 2 aromatic rings. The van der Waals surface area contributed by atoms with Crippen molar-refractivity contribution >= 4 is 15.9 Å². The highest BCUT2D eigenvalue weighted by atomic mass is 79.9. The second kappa shape index (κ2) is 4.80. The second-order valence-corrected chi connectivity index (χ2v) is 4.14. The highest BCUT2D eigenvalue weighted by Gasteiger charge is 2.16. The molecule has 4 heteroatoms. The minimum atomic E-state index is -0.232. The Morgan fingerprint density at radius 1 is 1.25 bits per heavy atom. The van der Waals surface area contributed by atoms with Crippen LogP contribution in [0.2, 0.25) is 0 Å². The van der Waals surface area contributed by atoms with Crippen molar-refractivity contribution in [2.75, 3.05) is 7.05 Å². The maximum Gasteiger partial charge on any atom is 0.174 e. The van der Waals surface area contributed by atoms with Gasteiger partial charge in [-0.25, -0.2) is 4.39 Å². The number of hydrogen-bond acceptors (Lipinski definition) is 2. The van der Waals surface area contributed by atoms with Crippen LogP contribution in [0.3, 0.4) is 0 Å². The van der Waals surface area contributed by atoms with Crippen LogP contribution < -0.4 is 5.32 Å². The molecule has 84 valence electrons. The standard InChI is InChI=1S/C12H11BrFNO/c1-15-11(10-6-7-16-12(10)13)8-2-4-9(14)5-3-8/h2-7,11,15H,1H3. The molecule has 0 aliphatic carbocycles. The molecule has 0 fully saturated rings. The lowest BCUT2D eigenvalue weighted by Gasteiger charge is -2.15. The highest BCUT2D eigenvalue weighted by molar-refractivity contribution is 9.10. The van der Waals surface area contributed by atoms with Crippen LogP contribution in [-0.4, -0.2) is 7.05 Å². The summed E-state index contributed by atoms with van der Waals surface area (Å²) in [5, 5.41) is 3.17. The molecule has 0 amide bonds. The van der Waals surface area contributed by atoms with Crippen molar-refractivity contribution in [3.63, 3.8) is 0 Å². The first-order valence-corrected chi connectivity index (χ1v) is 5.67. The zero-order chi connectivity index (χ0) is 11.5. The number of hydrogen-bond donors (Lipinski definition) is 1. The van der Waals surface area contributed by atoms with Gasteiger partial charge in [-0.05, 0) is 46.7 Å². The smallest absolute Gasteiger partial charge is 0.174 e. The first kappa shape index (κ1) is 11.4. The summed E-state index contributed by atoms with van der Waals surface area (Å²) in [6, 6.07) is 8.30. The Hall–Kier alpha value is -1.13. The van der Waals surface area contributed by atoms with Crippen molar-refractivity contribution in [1.29, 1.82) is 0 Å². The van der Waals surface area contributed by atoms with Gasteiger partial charge in [0.2, 0.25) is 0 Å². The van der Waals surface area contributed by atoms with Crippen LogP contribution in [0.25, 0.3) is 0 Å². The van der Waals surface area contributed by atoms with Crippen LogP contribution in [0.15, 0.2) is 45.7 Å². The van der Waals surface area contributed by atoms with Gasteiger partial charge in [-0.3, -0.25) is 0 Å². The fraction of sp³-hybridized carbons (Fsp3) is 0.167. The molecule has 1 heterocycles. The lowest BCUT2D eigenvalue weighted by atomic mass is 10.0. The number of rotatable bonds is 3. The van der Waals surface area contributed by atoms with E-state index in [2.05, 4.69) is 21.2 Å². The third-order valence-electron chi connectivity index (χ3n) is 2.45. The molecule has 16 heavy (non-hydrogen) atoms. The summed E-state index contributed by atoms with van der Waals surface area (Å²) in [6.07, 6.45) is 1.62. The average molecular weight is 284 g/mol. The van der Waals surface area contributed by atoms with Crippen molar-refractivity contribution in [2.24, 2.45) is 0 Å². The van der Waals surface area contributed by atoms with Gasteiger partial charge in [-0.2, -0.15) is 0 Å². The minimum Gasteiger partial charge on any atom is -0.457 e. The van der Waals surface area contributed by atoms with Crippen molar-refractivity contribution in [3.8, 4) is 0 Å². The number of furan rings is 1. The topological polar surface area (TPSA) is 25.2 Å². The molecular formula is C12H11BrFNO. The van der Waals surface area contributed by atoms with E-state index < -0.39 is 0 Å². The quantitative estimate of drug-likeness (QED) is 0.933. The molecule has 1 unspecified atom stereocenters. The van der Waals surface area contributed by atoms with Gasteiger partial charge in [-0.15, -0.1) is 0 Å². The molecule has 2 rings (SSSR count). The summed E-state index contributed by atoms with van der Waals surface area (Å²) < 4.78 is 18.7. The molecule has 0 saturated carbocycles. The van der Waals surface area contributed by atoms with E-state index in [-0.39, 0.29) is 11.9 Å². The van der Waals surface area contributed by atoms with Gasteiger partial charge in [-0.1, -0.05) is 12.1 Å². The molecule has 1 aromatic carbocycles. The van der Waals surface area contributed by atoms with E-state index >= 15 is 0 Å². The predicted octanol–water partition coefficient (Wildman–Crippen LogP) is 3.49. The van der Waals surface area contributed by atoms with Gasteiger partial charge in [0.05, 0.1) is 12.3 Å². The Bertz CT molecular complexity index is 466. The molecule has 1 N–H and O–H groups in total. The molecule has 1 atom stereocenters. The Kier molecular flexibility index (Phi) is 3.41. The molecular weight excluding hydrogens is 273 g/mol. The van der Waals surface area contributed by atoms with Crippen molar-refractivity contribution in [1.82, 2.24) is 5.32 Å². The van der Waals surface area contributed by atoms with E-state index in [1.54, 1.807) is 18.4 Å². The molecule has 2 nitrogen and oxygen atoms in total. The Labute approximate surface area is 102 Å². The zero-order valence-corrected chi connectivity index (χ0v) is 10.3. The maximum absolute atomic E-state index is 12.8. The van der Waals surface area contributed by atoms with E-state index in [1.165, 1.54) is 12.1 Å². The first-order chi connectivity index (χ1) is 7.72. The maximum atomic E-state index is 12.8. The number of halogens is 2. The Morgan fingerprint density at radius 2 is 1.94 bits per heavy atom. The number of nitrogens with one attached hydrogen (secondary N) is 1. The van der Waals surface area contributed by atoms with Gasteiger partial charge < -0.3 is 9.73 Å². The molecule has 0 aliphatic heterocycles. The van der Waals surface area contributed by atoms with Crippen LogP contribution >= 0.6 is 15.9 Å². The van der Waals surface area contributed by atoms with Crippen LogP contribution in [0.1, 0.15) is 17.2 Å². The summed E-state index contributed by atoms with van der Waals surface area (Å²) in [5.74, 6) is -0.232. The summed E-state index contributed by atoms with van der Waals surface area (Å²) in [6.45, 7) is 0. The molecule has 1 aromatic heterocycles. The average Bonchev–Trinajstić information content (AvgIpc) is 2.69. The molecule has 0 spiro atoms. The number of benzene rings is 1. The summed E-state index contributed by atoms with van der Waals surface area (Å²) >= 11 is 3.34. The van der Waals surface area contributed by atoms with E-state index in [9.17, 15) is 4.39 Å². The highest BCUT2D eigenvalue weighted by Crippen LogP contribution is 2.29. The van der Waals surface area contributed by atoms with Gasteiger partial charge in [0.1, 0.15) is 5.82 Å². The first-order valence-electron chi connectivity index (χ1n) is 4.88. The summed E-state index contributed by atoms with van der Waals surface area (Å²) in [4.78, 5) is 0. The third-order valence-corrected chi connectivity index (χ3v) is 3.09. The largest absolute Gasteiger partial charge is 0.457 e. The second-order valence-electron chi connectivity index (χ2n) is 3.42. The van der Waals surface area contributed by atoms with Gasteiger partial charge in [0.15, 0.2) is 4.67 Å². The summed E-state index contributed by atoms with van der Waals surface area (Å²) in [7, 11) is 1.85. The normalized spacial score (nSPS) is 12.7. The lowest BCUT2D eigenvalue weighted by Crippen LogP contribution is -2.17. The van der Waals surface area contributed by atoms with Crippen LogP contribution in [0.4, 0.5) is 4.39 Å². The van der Waals surface area contributed by atoms with Crippen LogP contribution in [0, 0.1) is 5.82 Å². The van der Waals surface area contributed by atoms with Gasteiger partial charge in [0.25, 0.3) is 0 Å². The minimum absolute atomic E-state index is 0.00581. The van der Waals surface area contributed by atoms with Crippen molar-refractivity contribution < 1.29 is 8.81 Å². The fourth-order valence-corrected chi connectivity index (χ4v) is 2.14. The van der Waals surface area contributed by atoms with E-state index in [4.69, 9.17) is 4.42 Å². The van der Waals surface area contributed by atoms with Crippen LogP contribution in [0.5, 0.6) is 0 Å².